The van der Waals surface area contributed by atoms with Crippen molar-refractivity contribution >= 4 is 35.6 Å². The highest BCUT2D eigenvalue weighted by Crippen LogP contribution is 2.24. The van der Waals surface area contributed by atoms with Crippen LogP contribution in [0.15, 0.2) is 24.5 Å². The standard InChI is InChI=1S/C15H16ClFN4O.ClH/c16-11-8-19-21(9-11)6-4-14(22)20-13-2-1-10-7-18-5-3-12(10)15(13)17;/h1-2,8-9,18H,3-7H2,(H,20,22);1H. The highest BCUT2D eigenvalue weighted by atomic mass is 35.5. The highest BCUT2D eigenvalue weighted by Gasteiger charge is 2.17. The average molecular weight is 359 g/mol. The molecule has 0 aliphatic carbocycles. The quantitative estimate of drug-likeness (QED) is 0.883. The van der Waals surface area contributed by atoms with Gasteiger partial charge in [0.05, 0.1) is 16.9 Å². The van der Waals surface area contributed by atoms with Gasteiger partial charge in [0.2, 0.25) is 5.91 Å². The summed E-state index contributed by atoms with van der Waals surface area (Å²) in [5, 5.41) is 10.3. The van der Waals surface area contributed by atoms with Gasteiger partial charge >= 0.3 is 0 Å². The summed E-state index contributed by atoms with van der Waals surface area (Å²) in [7, 11) is 0. The van der Waals surface area contributed by atoms with Gasteiger partial charge < -0.3 is 10.6 Å². The Labute approximate surface area is 144 Å². The third-order valence-corrected chi connectivity index (χ3v) is 3.85. The zero-order chi connectivity index (χ0) is 15.5. The molecule has 0 fully saturated rings. The number of hydrogen-bond acceptors (Lipinski definition) is 3. The molecule has 2 N–H and O–H groups in total. The lowest BCUT2D eigenvalue weighted by atomic mass is 9.99. The van der Waals surface area contributed by atoms with Gasteiger partial charge in [-0.15, -0.1) is 12.4 Å². The minimum Gasteiger partial charge on any atom is -0.324 e. The van der Waals surface area contributed by atoms with E-state index < -0.39 is 0 Å². The molecule has 0 saturated heterocycles. The predicted molar refractivity (Wildman–Crippen MR) is 89.5 cm³/mol. The van der Waals surface area contributed by atoms with E-state index in [0.717, 1.165) is 12.1 Å². The zero-order valence-electron chi connectivity index (χ0n) is 12.3. The minimum absolute atomic E-state index is 0. The van der Waals surface area contributed by atoms with Gasteiger partial charge in [0.25, 0.3) is 0 Å². The second kappa shape index (κ2) is 7.77. The van der Waals surface area contributed by atoms with E-state index in [1.54, 1.807) is 16.9 Å². The molecule has 8 heteroatoms. The van der Waals surface area contributed by atoms with Crippen LogP contribution in [0.4, 0.5) is 10.1 Å². The molecule has 1 aromatic heterocycles. The van der Waals surface area contributed by atoms with Crippen LogP contribution in [0, 0.1) is 5.82 Å². The predicted octanol–water partition coefficient (Wildman–Crippen LogP) is 2.77. The molecule has 2 heterocycles. The van der Waals surface area contributed by atoms with Crippen molar-refractivity contribution in [3.05, 3.63) is 46.5 Å². The first-order valence-corrected chi connectivity index (χ1v) is 7.50. The molecule has 0 radical (unpaired) electrons. The molecular weight excluding hydrogens is 342 g/mol. The van der Waals surface area contributed by atoms with Gasteiger partial charge in [-0.2, -0.15) is 5.10 Å². The maximum absolute atomic E-state index is 14.4. The third kappa shape index (κ3) is 4.22. The van der Waals surface area contributed by atoms with E-state index >= 15 is 0 Å². The van der Waals surface area contributed by atoms with Crippen LogP contribution < -0.4 is 10.6 Å². The zero-order valence-corrected chi connectivity index (χ0v) is 13.9. The Bertz CT molecular complexity index is 705. The van der Waals surface area contributed by atoms with Gasteiger partial charge in [-0.05, 0) is 30.2 Å². The largest absolute Gasteiger partial charge is 0.324 e. The van der Waals surface area contributed by atoms with Crippen molar-refractivity contribution in [2.24, 2.45) is 0 Å². The SMILES string of the molecule is Cl.O=C(CCn1cc(Cl)cn1)Nc1ccc2c(c1F)CCNC2. The van der Waals surface area contributed by atoms with Gasteiger partial charge in [0.15, 0.2) is 0 Å². The second-order valence-corrected chi connectivity index (χ2v) is 5.65. The number of carbonyl (C=O) groups excluding carboxylic acids is 1. The van der Waals surface area contributed by atoms with E-state index in [4.69, 9.17) is 11.6 Å². The summed E-state index contributed by atoms with van der Waals surface area (Å²) in [5.74, 6) is -0.575. The number of nitrogens with zero attached hydrogens (tertiary/aromatic N) is 2. The normalized spacial score (nSPS) is 13.1. The lowest BCUT2D eigenvalue weighted by Crippen LogP contribution is -2.25. The van der Waals surface area contributed by atoms with Gasteiger partial charge in [-0.3, -0.25) is 9.48 Å². The van der Waals surface area contributed by atoms with Crippen molar-refractivity contribution < 1.29 is 9.18 Å². The Kier molecular flexibility index (Phi) is 5.98. The summed E-state index contributed by atoms with van der Waals surface area (Å²) in [6, 6.07) is 3.47. The summed E-state index contributed by atoms with van der Waals surface area (Å²) in [4.78, 5) is 11.9. The molecular formula is C15H17Cl2FN4O. The first-order chi connectivity index (χ1) is 10.6. The molecule has 1 amide bonds. The maximum atomic E-state index is 14.4. The molecule has 3 rings (SSSR count). The number of aryl methyl sites for hydroxylation is 1. The number of hydrogen-bond donors (Lipinski definition) is 2. The molecule has 0 spiro atoms. The maximum Gasteiger partial charge on any atom is 0.226 e. The fourth-order valence-corrected chi connectivity index (χ4v) is 2.68. The number of amides is 1. The highest BCUT2D eigenvalue weighted by molar-refractivity contribution is 6.30. The lowest BCUT2D eigenvalue weighted by Gasteiger charge is -2.19. The first-order valence-electron chi connectivity index (χ1n) is 7.12. The fraction of sp³-hybridized carbons (Fsp3) is 0.333. The Hall–Kier alpha value is -1.63. The van der Waals surface area contributed by atoms with Crippen LogP contribution in [0.2, 0.25) is 5.02 Å². The molecule has 1 aliphatic rings. The first kappa shape index (κ1) is 17.7. The van der Waals surface area contributed by atoms with Crippen LogP contribution >= 0.6 is 24.0 Å². The number of halogens is 3. The van der Waals surface area contributed by atoms with Crippen molar-refractivity contribution in [2.45, 2.75) is 25.9 Å². The lowest BCUT2D eigenvalue weighted by molar-refractivity contribution is -0.116. The van der Waals surface area contributed by atoms with Gasteiger partial charge in [-0.1, -0.05) is 17.7 Å². The van der Waals surface area contributed by atoms with E-state index in [2.05, 4.69) is 15.7 Å². The molecule has 0 unspecified atom stereocenters. The second-order valence-electron chi connectivity index (χ2n) is 5.21. The molecule has 0 saturated carbocycles. The van der Waals surface area contributed by atoms with Crippen molar-refractivity contribution in [1.82, 2.24) is 15.1 Å². The molecule has 0 bridgehead atoms. The van der Waals surface area contributed by atoms with Crippen molar-refractivity contribution in [1.29, 1.82) is 0 Å². The summed E-state index contributed by atoms with van der Waals surface area (Å²) >= 11 is 5.76. The van der Waals surface area contributed by atoms with Gasteiger partial charge in [-0.25, -0.2) is 4.39 Å². The van der Waals surface area contributed by atoms with E-state index in [1.807, 2.05) is 6.07 Å². The van der Waals surface area contributed by atoms with Crippen LogP contribution in [0.25, 0.3) is 0 Å². The Balaban J connectivity index is 0.00000192. The van der Waals surface area contributed by atoms with Gasteiger partial charge in [0.1, 0.15) is 5.82 Å². The van der Waals surface area contributed by atoms with E-state index in [1.165, 1.54) is 6.20 Å². The Morgan fingerprint density at radius 3 is 3.04 bits per heavy atom. The molecule has 2 aromatic rings. The number of aromatic nitrogens is 2. The number of rotatable bonds is 4. The van der Waals surface area contributed by atoms with Gasteiger partial charge in [0, 0.05) is 25.7 Å². The summed E-state index contributed by atoms with van der Waals surface area (Å²) in [6.07, 6.45) is 3.99. The number of carbonyl (C=O) groups is 1. The number of fused-ring (bicyclic) bond motifs is 1. The molecule has 1 aromatic carbocycles. The van der Waals surface area contributed by atoms with Crippen LogP contribution in [0.3, 0.4) is 0 Å². The van der Waals surface area contributed by atoms with Crippen LogP contribution in [-0.2, 0) is 24.3 Å². The smallest absolute Gasteiger partial charge is 0.226 e. The molecule has 1 aliphatic heterocycles. The molecule has 5 nitrogen and oxygen atoms in total. The minimum atomic E-state index is -0.325. The molecule has 124 valence electrons. The fourth-order valence-electron chi connectivity index (χ4n) is 2.52. The van der Waals surface area contributed by atoms with E-state index in [9.17, 15) is 9.18 Å². The monoisotopic (exact) mass is 358 g/mol. The summed E-state index contributed by atoms with van der Waals surface area (Å²) in [6.45, 7) is 1.82. The number of anilines is 1. The number of benzene rings is 1. The van der Waals surface area contributed by atoms with Crippen LogP contribution in [0.1, 0.15) is 17.5 Å². The topological polar surface area (TPSA) is 59.0 Å². The number of nitrogens with one attached hydrogen (secondary N) is 2. The third-order valence-electron chi connectivity index (χ3n) is 3.65. The van der Waals surface area contributed by atoms with Crippen molar-refractivity contribution in [3.63, 3.8) is 0 Å². The average Bonchev–Trinajstić information content (AvgIpc) is 2.94. The Morgan fingerprint density at radius 1 is 1.48 bits per heavy atom. The Morgan fingerprint density at radius 2 is 2.30 bits per heavy atom. The van der Waals surface area contributed by atoms with Crippen LogP contribution in [0.5, 0.6) is 0 Å². The summed E-state index contributed by atoms with van der Waals surface area (Å²) in [5.41, 5.74) is 1.88. The molecule has 23 heavy (non-hydrogen) atoms. The van der Waals surface area contributed by atoms with Crippen molar-refractivity contribution in [3.8, 4) is 0 Å². The van der Waals surface area contributed by atoms with Crippen molar-refractivity contribution in [2.75, 3.05) is 11.9 Å². The van der Waals surface area contributed by atoms with E-state index in [0.29, 0.717) is 30.1 Å². The van der Waals surface area contributed by atoms with Crippen LogP contribution in [-0.4, -0.2) is 22.2 Å². The molecule has 0 atom stereocenters. The summed E-state index contributed by atoms with van der Waals surface area (Å²) < 4.78 is 16.0. The van der Waals surface area contributed by atoms with E-state index in [-0.39, 0.29) is 36.2 Å².